The highest BCUT2D eigenvalue weighted by atomic mass is 32.1. The zero-order chi connectivity index (χ0) is 15.6. The quantitative estimate of drug-likeness (QED) is 0.791. The number of carbonyl (C=O) groups is 2. The molecular formula is C14H15N3O4S. The van der Waals surface area contributed by atoms with Crippen LogP contribution in [0.15, 0.2) is 39.6 Å². The molecule has 3 rings (SSSR count). The molecule has 0 spiro atoms. The number of hydrogen-bond donors (Lipinski definition) is 3. The van der Waals surface area contributed by atoms with E-state index in [1.807, 2.05) is 5.38 Å². The van der Waals surface area contributed by atoms with Gasteiger partial charge < -0.3 is 20.2 Å². The molecule has 7 nitrogen and oxygen atoms in total. The van der Waals surface area contributed by atoms with Crippen LogP contribution in [-0.4, -0.2) is 41.7 Å². The summed E-state index contributed by atoms with van der Waals surface area (Å²) < 4.78 is 5.31. The fourth-order valence-corrected chi connectivity index (χ4v) is 3.03. The number of aliphatic hydroxyl groups is 1. The van der Waals surface area contributed by atoms with Crippen molar-refractivity contribution in [3.05, 3.63) is 46.5 Å². The molecule has 0 radical (unpaired) electrons. The standard InChI is InChI=1S/C14H15N3O4S/c18-12-15-4-5-17(12)13(19)16-9-14(20,10-3-7-22-8-10)11-2-1-6-21-11/h1-3,6-8,20H,4-5,9H2,(H,15,18)(H,16,19). The number of hydrogen-bond acceptors (Lipinski definition) is 5. The molecule has 1 saturated heterocycles. The van der Waals surface area contributed by atoms with Crippen LogP contribution in [0.4, 0.5) is 9.59 Å². The summed E-state index contributed by atoms with van der Waals surface area (Å²) in [5.41, 5.74) is -0.853. The Morgan fingerprint density at radius 2 is 2.41 bits per heavy atom. The van der Waals surface area contributed by atoms with E-state index in [2.05, 4.69) is 10.6 Å². The molecule has 0 aromatic carbocycles. The van der Waals surface area contributed by atoms with E-state index in [4.69, 9.17) is 4.42 Å². The second-order valence-electron chi connectivity index (χ2n) is 4.89. The summed E-state index contributed by atoms with van der Waals surface area (Å²) in [6, 6.07) is 4.10. The fourth-order valence-electron chi connectivity index (χ4n) is 2.31. The molecule has 3 N–H and O–H groups in total. The number of carbonyl (C=O) groups excluding carboxylic acids is 2. The zero-order valence-electron chi connectivity index (χ0n) is 11.6. The van der Waals surface area contributed by atoms with Crippen LogP contribution in [0.25, 0.3) is 0 Å². The number of urea groups is 2. The highest BCUT2D eigenvalue weighted by Gasteiger charge is 2.36. The summed E-state index contributed by atoms with van der Waals surface area (Å²) in [6.45, 7) is 0.640. The average molecular weight is 321 g/mol. The molecule has 1 atom stereocenters. The molecule has 2 aromatic heterocycles. The maximum atomic E-state index is 12.1. The molecule has 1 fully saturated rings. The van der Waals surface area contributed by atoms with E-state index in [1.165, 1.54) is 17.6 Å². The molecule has 0 aliphatic carbocycles. The maximum absolute atomic E-state index is 12.1. The van der Waals surface area contributed by atoms with Crippen molar-refractivity contribution < 1.29 is 19.1 Å². The Bertz CT molecular complexity index is 619. The van der Waals surface area contributed by atoms with Crippen LogP contribution in [0.1, 0.15) is 11.3 Å². The van der Waals surface area contributed by atoms with Crippen LogP contribution in [0, 0.1) is 0 Å². The third kappa shape index (κ3) is 2.58. The van der Waals surface area contributed by atoms with Crippen molar-refractivity contribution in [3.63, 3.8) is 0 Å². The second-order valence-corrected chi connectivity index (χ2v) is 5.67. The zero-order valence-corrected chi connectivity index (χ0v) is 12.4. The Morgan fingerprint density at radius 1 is 1.55 bits per heavy atom. The summed E-state index contributed by atoms with van der Waals surface area (Å²) in [5.74, 6) is 0.331. The molecule has 1 aliphatic rings. The summed E-state index contributed by atoms with van der Waals surface area (Å²) in [6.07, 6.45) is 1.46. The van der Waals surface area contributed by atoms with Crippen molar-refractivity contribution in [1.82, 2.24) is 15.5 Å². The van der Waals surface area contributed by atoms with Gasteiger partial charge in [-0.25, -0.2) is 14.5 Å². The largest absolute Gasteiger partial charge is 0.466 e. The number of nitrogens with one attached hydrogen (secondary N) is 2. The molecule has 3 heterocycles. The summed E-state index contributed by atoms with van der Waals surface area (Å²) in [4.78, 5) is 24.6. The van der Waals surface area contributed by atoms with Crippen molar-refractivity contribution in [2.75, 3.05) is 19.6 Å². The monoisotopic (exact) mass is 321 g/mol. The Labute approximate surface area is 130 Å². The highest BCUT2D eigenvalue weighted by Crippen LogP contribution is 2.31. The van der Waals surface area contributed by atoms with Crippen LogP contribution in [0.3, 0.4) is 0 Å². The lowest BCUT2D eigenvalue weighted by molar-refractivity contribution is 0.0581. The minimum Gasteiger partial charge on any atom is -0.466 e. The third-order valence-corrected chi connectivity index (χ3v) is 4.21. The number of thiophene rings is 1. The molecule has 0 bridgehead atoms. The lowest BCUT2D eigenvalue weighted by Gasteiger charge is -2.26. The summed E-state index contributed by atoms with van der Waals surface area (Å²) >= 11 is 1.43. The van der Waals surface area contributed by atoms with Crippen molar-refractivity contribution in [2.45, 2.75) is 5.60 Å². The number of amides is 4. The first-order valence-electron chi connectivity index (χ1n) is 6.73. The van der Waals surface area contributed by atoms with Crippen molar-refractivity contribution in [3.8, 4) is 0 Å². The number of furan rings is 1. The van der Waals surface area contributed by atoms with Crippen LogP contribution >= 0.6 is 11.3 Å². The van der Waals surface area contributed by atoms with Gasteiger partial charge in [0.2, 0.25) is 0 Å². The molecule has 4 amide bonds. The van der Waals surface area contributed by atoms with Gasteiger partial charge in [0.15, 0.2) is 5.60 Å². The van der Waals surface area contributed by atoms with Crippen molar-refractivity contribution >= 4 is 23.4 Å². The Hall–Kier alpha value is -2.32. The first kappa shape index (κ1) is 14.6. The lowest BCUT2D eigenvalue weighted by Crippen LogP contribution is -2.47. The van der Waals surface area contributed by atoms with E-state index in [0.29, 0.717) is 24.4 Å². The molecule has 1 aliphatic heterocycles. The van der Waals surface area contributed by atoms with E-state index >= 15 is 0 Å². The van der Waals surface area contributed by atoms with Gasteiger partial charge in [-0.3, -0.25) is 0 Å². The molecule has 1 unspecified atom stereocenters. The number of nitrogens with zero attached hydrogens (tertiary/aromatic N) is 1. The van der Waals surface area contributed by atoms with Crippen molar-refractivity contribution in [1.29, 1.82) is 0 Å². The van der Waals surface area contributed by atoms with E-state index in [0.717, 1.165) is 4.90 Å². The van der Waals surface area contributed by atoms with E-state index in [1.54, 1.807) is 23.6 Å². The number of rotatable bonds is 4. The number of imide groups is 1. The van der Waals surface area contributed by atoms with Gasteiger partial charge in [0.05, 0.1) is 12.8 Å². The van der Waals surface area contributed by atoms with Crippen LogP contribution in [-0.2, 0) is 5.60 Å². The van der Waals surface area contributed by atoms with Gasteiger partial charge in [-0.05, 0) is 29.0 Å². The van der Waals surface area contributed by atoms with Gasteiger partial charge in [-0.2, -0.15) is 11.3 Å². The van der Waals surface area contributed by atoms with Gasteiger partial charge in [-0.1, -0.05) is 0 Å². The summed E-state index contributed by atoms with van der Waals surface area (Å²) in [5, 5.41) is 19.7. The molecule has 116 valence electrons. The van der Waals surface area contributed by atoms with Crippen LogP contribution in [0.2, 0.25) is 0 Å². The van der Waals surface area contributed by atoms with Crippen molar-refractivity contribution in [2.24, 2.45) is 0 Å². The van der Waals surface area contributed by atoms with Gasteiger partial charge >= 0.3 is 12.1 Å². The SMILES string of the molecule is O=C1NCCN1C(=O)NCC(O)(c1ccsc1)c1ccco1. The Balaban J connectivity index is 1.77. The predicted molar refractivity (Wildman–Crippen MR) is 79.5 cm³/mol. The topological polar surface area (TPSA) is 94.8 Å². The smallest absolute Gasteiger partial charge is 0.325 e. The molecule has 2 aromatic rings. The van der Waals surface area contributed by atoms with Gasteiger partial charge in [0, 0.05) is 18.7 Å². The van der Waals surface area contributed by atoms with E-state index in [-0.39, 0.29) is 6.54 Å². The first-order chi connectivity index (χ1) is 10.6. The Kier molecular flexibility index (Phi) is 3.86. The predicted octanol–water partition coefficient (Wildman–Crippen LogP) is 1.31. The summed E-state index contributed by atoms with van der Waals surface area (Å²) in [7, 11) is 0. The van der Waals surface area contributed by atoms with E-state index in [9.17, 15) is 14.7 Å². The normalized spacial score (nSPS) is 17.1. The average Bonchev–Trinajstić information content (AvgIpc) is 3.24. The minimum absolute atomic E-state index is 0.0974. The first-order valence-corrected chi connectivity index (χ1v) is 7.68. The Morgan fingerprint density at radius 3 is 3.00 bits per heavy atom. The van der Waals surface area contributed by atoms with Crippen LogP contribution < -0.4 is 10.6 Å². The molecule has 0 saturated carbocycles. The molecule has 22 heavy (non-hydrogen) atoms. The van der Waals surface area contributed by atoms with Gasteiger partial charge in [0.1, 0.15) is 5.76 Å². The van der Waals surface area contributed by atoms with E-state index < -0.39 is 17.7 Å². The maximum Gasteiger partial charge on any atom is 0.325 e. The third-order valence-electron chi connectivity index (χ3n) is 3.52. The minimum atomic E-state index is -1.48. The highest BCUT2D eigenvalue weighted by molar-refractivity contribution is 7.08. The van der Waals surface area contributed by atoms with Gasteiger partial charge in [0.25, 0.3) is 0 Å². The lowest BCUT2D eigenvalue weighted by atomic mass is 9.93. The fraction of sp³-hybridized carbons (Fsp3) is 0.286. The molecular weight excluding hydrogens is 306 g/mol. The molecule has 8 heteroatoms. The van der Waals surface area contributed by atoms with Crippen LogP contribution in [0.5, 0.6) is 0 Å². The van der Waals surface area contributed by atoms with Gasteiger partial charge in [-0.15, -0.1) is 0 Å². The second kappa shape index (κ2) is 5.82.